The molecule has 2 saturated heterocycles. The lowest BCUT2D eigenvalue weighted by molar-refractivity contribution is -0.139. The minimum Gasteiger partial charge on any atom is -0.369 e. The van der Waals surface area contributed by atoms with E-state index in [1.54, 1.807) is 29.2 Å². The number of primary amides is 1. The molecule has 0 aromatic heterocycles. The average molecular weight is 378 g/mol. The van der Waals surface area contributed by atoms with Gasteiger partial charge in [-0.05, 0) is 37.8 Å². The van der Waals surface area contributed by atoms with Crippen molar-refractivity contribution in [2.75, 3.05) is 26.2 Å². The molecule has 0 radical (unpaired) electrons. The predicted molar refractivity (Wildman–Crippen MR) is 98.6 cm³/mol. The summed E-state index contributed by atoms with van der Waals surface area (Å²) in [5.41, 5.74) is 5.85. The first-order valence-electron chi connectivity index (χ1n) is 9.09. The summed E-state index contributed by atoms with van der Waals surface area (Å²) in [6, 6.07) is 7.03. The number of hydrogen-bond acceptors (Lipinski definition) is 3. The summed E-state index contributed by atoms with van der Waals surface area (Å²) in [5.74, 6) is -0.394. The Morgan fingerprint density at radius 2 is 1.42 bits per heavy atom. The number of amides is 3. The second-order valence-corrected chi connectivity index (χ2v) is 7.46. The first kappa shape index (κ1) is 18.7. The van der Waals surface area contributed by atoms with Crippen LogP contribution in [0.5, 0.6) is 0 Å². The lowest BCUT2D eigenvalue weighted by atomic mass is 9.91. The Morgan fingerprint density at radius 1 is 0.885 bits per heavy atom. The summed E-state index contributed by atoms with van der Waals surface area (Å²) in [6.07, 6.45) is 2.60. The summed E-state index contributed by atoms with van der Waals surface area (Å²) in [7, 11) is 0. The van der Waals surface area contributed by atoms with Crippen molar-refractivity contribution in [3.8, 4) is 0 Å². The number of rotatable bonds is 3. The minimum absolute atomic E-state index is 0.0598. The molecule has 1 aromatic carbocycles. The van der Waals surface area contributed by atoms with Crippen molar-refractivity contribution >= 4 is 29.3 Å². The number of nitrogens with zero attached hydrogens (tertiary/aromatic N) is 2. The summed E-state index contributed by atoms with van der Waals surface area (Å²) in [4.78, 5) is 40.2. The smallest absolute Gasteiger partial charge is 0.255 e. The first-order chi connectivity index (χ1) is 12.5. The van der Waals surface area contributed by atoms with E-state index in [1.807, 2.05) is 4.90 Å². The van der Waals surface area contributed by atoms with Crippen LogP contribution in [-0.4, -0.2) is 53.7 Å². The van der Waals surface area contributed by atoms with Crippen LogP contribution in [0.15, 0.2) is 24.3 Å². The van der Waals surface area contributed by atoms with E-state index in [4.69, 9.17) is 17.3 Å². The van der Waals surface area contributed by atoms with Crippen LogP contribution in [0.3, 0.4) is 0 Å². The zero-order valence-corrected chi connectivity index (χ0v) is 15.5. The average Bonchev–Trinajstić information content (AvgIpc) is 2.67. The fourth-order valence-electron chi connectivity index (χ4n) is 3.78. The normalized spacial score (nSPS) is 19.4. The largest absolute Gasteiger partial charge is 0.369 e. The van der Waals surface area contributed by atoms with Gasteiger partial charge in [0.25, 0.3) is 5.91 Å². The van der Waals surface area contributed by atoms with Crippen LogP contribution in [0, 0.1) is 11.8 Å². The van der Waals surface area contributed by atoms with Crippen molar-refractivity contribution in [2.24, 2.45) is 17.6 Å². The maximum Gasteiger partial charge on any atom is 0.255 e. The van der Waals surface area contributed by atoms with Gasteiger partial charge < -0.3 is 15.5 Å². The molecule has 0 saturated carbocycles. The van der Waals surface area contributed by atoms with Gasteiger partial charge in [-0.25, -0.2) is 0 Å². The molecule has 7 heteroatoms. The van der Waals surface area contributed by atoms with Crippen molar-refractivity contribution < 1.29 is 14.4 Å². The topological polar surface area (TPSA) is 83.7 Å². The highest BCUT2D eigenvalue weighted by atomic mass is 35.5. The quantitative estimate of drug-likeness (QED) is 0.873. The van der Waals surface area contributed by atoms with Crippen LogP contribution >= 0.6 is 11.6 Å². The van der Waals surface area contributed by atoms with Crippen molar-refractivity contribution in [2.45, 2.75) is 25.7 Å². The third-order valence-corrected chi connectivity index (χ3v) is 5.77. The van der Waals surface area contributed by atoms with Gasteiger partial charge in [-0.1, -0.05) is 23.7 Å². The number of benzene rings is 1. The molecule has 0 unspecified atom stereocenters. The molecule has 6 nitrogen and oxygen atoms in total. The maximum absolute atomic E-state index is 12.7. The molecule has 2 fully saturated rings. The van der Waals surface area contributed by atoms with Gasteiger partial charge in [-0.3, -0.25) is 14.4 Å². The summed E-state index contributed by atoms with van der Waals surface area (Å²) in [5, 5.41) is 0.452. The molecule has 2 N–H and O–H groups in total. The Hall–Kier alpha value is -2.08. The van der Waals surface area contributed by atoms with Gasteiger partial charge in [0.2, 0.25) is 11.8 Å². The Bertz CT molecular complexity index is 693. The molecular formula is C19H24ClN3O3. The van der Waals surface area contributed by atoms with E-state index < -0.39 is 0 Å². The maximum atomic E-state index is 12.7. The Labute approximate surface area is 158 Å². The highest BCUT2D eigenvalue weighted by molar-refractivity contribution is 6.33. The van der Waals surface area contributed by atoms with E-state index in [0.29, 0.717) is 62.4 Å². The van der Waals surface area contributed by atoms with E-state index in [-0.39, 0.29) is 29.6 Å². The van der Waals surface area contributed by atoms with Crippen LogP contribution in [0.25, 0.3) is 0 Å². The lowest BCUT2D eigenvalue weighted by Gasteiger charge is -2.36. The van der Waals surface area contributed by atoms with E-state index >= 15 is 0 Å². The molecule has 1 aromatic rings. The van der Waals surface area contributed by atoms with Crippen LogP contribution in [0.2, 0.25) is 5.02 Å². The van der Waals surface area contributed by atoms with Gasteiger partial charge in [0.15, 0.2) is 0 Å². The Kier molecular flexibility index (Phi) is 5.81. The molecule has 140 valence electrons. The van der Waals surface area contributed by atoms with Gasteiger partial charge in [0.05, 0.1) is 10.6 Å². The molecule has 3 amide bonds. The van der Waals surface area contributed by atoms with Gasteiger partial charge in [-0.2, -0.15) is 0 Å². The molecule has 0 spiro atoms. The number of carbonyl (C=O) groups excluding carboxylic acids is 3. The van der Waals surface area contributed by atoms with Gasteiger partial charge in [0.1, 0.15) is 0 Å². The minimum atomic E-state index is -0.275. The van der Waals surface area contributed by atoms with E-state index in [9.17, 15) is 14.4 Å². The van der Waals surface area contributed by atoms with Crippen LogP contribution in [0.1, 0.15) is 36.0 Å². The zero-order chi connectivity index (χ0) is 18.7. The highest BCUT2D eigenvalue weighted by Gasteiger charge is 2.33. The van der Waals surface area contributed by atoms with Gasteiger partial charge in [-0.15, -0.1) is 0 Å². The summed E-state index contributed by atoms with van der Waals surface area (Å²) in [6.45, 7) is 2.28. The second kappa shape index (κ2) is 8.08. The van der Waals surface area contributed by atoms with Crippen LogP contribution < -0.4 is 5.73 Å². The van der Waals surface area contributed by atoms with Crippen LogP contribution in [0.4, 0.5) is 0 Å². The summed E-state index contributed by atoms with van der Waals surface area (Å²) < 4.78 is 0. The van der Waals surface area contributed by atoms with Crippen molar-refractivity contribution in [3.05, 3.63) is 34.9 Å². The number of carbonyl (C=O) groups is 3. The highest BCUT2D eigenvalue weighted by Crippen LogP contribution is 2.25. The summed E-state index contributed by atoms with van der Waals surface area (Å²) >= 11 is 6.11. The Morgan fingerprint density at radius 3 is 2.00 bits per heavy atom. The standard InChI is InChI=1S/C19H24ClN3O3/c20-16-4-2-1-3-15(16)19(26)23-11-7-14(8-12-23)18(25)22-9-5-13(6-10-22)17(21)24/h1-4,13-14H,5-12H2,(H2,21,24). The predicted octanol–water partition coefficient (Wildman–Crippen LogP) is 1.92. The van der Waals surface area contributed by atoms with Crippen molar-refractivity contribution in [1.82, 2.24) is 9.80 Å². The lowest BCUT2D eigenvalue weighted by Crippen LogP contribution is -2.47. The molecule has 3 rings (SSSR count). The van der Waals surface area contributed by atoms with E-state index in [2.05, 4.69) is 0 Å². The fourth-order valence-corrected chi connectivity index (χ4v) is 3.99. The third kappa shape index (κ3) is 4.01. The zero-order valence-electron chi connectivity index (χ0n) is 14.7. The molecule has 2 heterocycles. The monoisotopic (exact) mass is 377 g/mol. The first-order valence-corrected chi connectivity index (χ1v) is 9.47. The molecule has 0 atom stereocenters. The van der Waals surface area contributed by atoms with Crippen molar-refractivity contribution in [3.63, 3.8) is 0 Å². The molecule has 26 heavy (non-hydrogen) atoms. The number of piperidine rings is 2. The molecule has 0 aliphatic carbocycles. The number of hydrogen-bond donors (Lipinski definition) is 1. The number of halogens is 1. The van der Waals surface area contributed by atoms with Crippen LogP contribution in [-0.2, 0) is 9.59 Å². The SMILES string of the molecule is NC(=O)C1CCN(C(=O)C2CCN(C(=O)c3ccccc3Cl)CC2)CC1. The molecular weight excluding hydrogens is 354 g/mol. The second-order valence-electron chi connectivity index (χ2n) is 7.05. The van der Waals surface area contributed by atoms with E-state index in [0.717, 1.165) is 0 Å². The molecule has 2 aliphatic heterocycles. The van der Waals surface area contributed by atoms with Gasteiger partial charge in [0, 0.05) is 38.0 Å². The number of nitrogens with two attached hydrogens (primary N) is 1. The fraction of sp³-hybridized carbons (Fsp3) is 0.526. The number of likely N-dealkylation sites (tertiary alicyclic amines) is 2. The van der Waals surface area contributed by atoms with Crippen molar-refractivity contribution in [1.29, 1.82) is 0 Å². The molecule has 0 bridgehead atoms. The Balaban J connectivity index is 1.52. The third-order valence-electron chi connectivity index (χ3n) is 5.44. The van der Waals surface area contributed by atoms with E-state index in [1.165, 1.54) is 0 Å². The molecule has 2 aliphatic rings. The van der Waals surface area contributed by atoms with Gasteiger partial charge >= 0.3 is 0 Å².